The summed E-state index contributed by atoms with van der Waals surface area (Å²) in [7, 11) is -2.94. The molecule has 1 fully saturated rings. The highest BCUT2D eigenvalue weighted by molar-refractivity contribution is 7.90. The van der Waals surface area contributed by atoms with Gasteiger partial charge in [-0.25, -0.2) is 8.42 Å². The standard InChI is InChI=1S/C14H25NO3S/c1-10(2)9-11-12(14(11,3)4)13(16)15-7-6-8-19(5,17)18/h9,11-12H,6-8H2,1-5H3,(H,15,16). The molecule has 0 aromatic carbocycles. The maximum absolute atomic E-state index is 12.0. The molecule has 1 rings (SSSR count). The Morgan fingerprint density at radius 1 is 1.32 bits per heavy atom. The van der Waals surface area contributed by atoms with Crippen molar-refractivity contribution in [3.8, 4) is 0 Å². The van der Waals surface area contributed by atoms with E-state index in [4.69, 9.17) is 0 Å². The van der Waals surface area contributed by atoms with Gasteiger partial charge in [-0.15, -0.1) is 0 Å². The molecule has 1 aliphatic rings. The zero-order valence-electron chi connectivity index (χ0n) is 12.5. The molecule has 0 aromatic rings. The van der Waals surface area contributed by atoms with E-state index in [0.717, 1.165) is 0 Å². The van der Waals surface area contributed by atoms with Crippen LogP contribution in [0, 0.1) is 17.3 Å². The number of allylic oxidation sites excluding steroid dienone is 2. The van der Waals surface area contributed by atoms with Gasteiger partial charge in [0.25, 0.3) is 0 Å². The summed E-state index contributed by atoms with van der Waals surface area (Å²) < 4.78 is 22.0. The average Bonchev–Trinajstić information content (AvgIpc) is 2.72. The van der Waals surface area contributed by atoms with Gasteiger partial charge in [0.1, 0.15) is 9.84 Å². The summed E-state index contributed by atoms with van der Waals surface area (Å²) in [5, 5.41) is 2.84. The summed E-state index contributed by atoms with van der Waals surface area (Å²) in [6, 6.07) is 0. The monoisotopic (exact) mass is 287 g/mol. The van der Waals surface area contributed by atoms with Gasteiger partial charge in [0, 0.05) is 12.8 Å². The third-order valence-electron chi connectivity index (χ3n) is 3.70. The third kappa shape index (κ3) is 4.64. The molecule has 2 atom stereocenters. The van der Waals surface area contributed by atoms with Gasteiger partial charge in [-0.3, -0.25) is 4.79 Å². The second-order valence-electron chi connectivity index (χ2n) is 6.34. The number of nitrogens with one attached hydrogen (secondary N) is 1. The Hall–Kier alpha value is -0.840. The molecule has 0 aliphatic heterocycles. The van der Waals surface area contributed by atoms with E-state index in [1.807, 2.05) is 13.8 Å². The number of hydrogen-bond acceptors (Lipinski definition) is 3. The van der Waals surface area contributed by atoms with Crippen molar-refractivity contribution in [2.24, 2.45) is 17.3 Å². The van der Waals surface area contributed by atoms with Crippen LogP contribution >= 0.6 is 0 Å². The van der Waals surface area contributed by atoms with E-state index in [1.54, 1.807) is 0 Å². The minimum absolute atomic E-state index is 0.0121. The maximum Gasteiger partial charge on any atom is 0.224 e. The van der Waals surface area contributed by atoms with Crippen molar-refractivity contribution in [3.63, 3.8) is 0 Å². The average molecular weight is 287 g/mol. The molecule has 110 valence electrons. The molecule has 0 saturated heterocycles. The van der Waals surface area contributed by atoms with Crippen molar-refractivity contribution in [3.05, 3.63) is 11.6 Å². The summed E-state index contributed by atoms with van der Waals surface area (Å²) in [5.74, 6) is 0.479. The molecular formula is C14H25NO3S. The van der Waals surface area contributed by atoms with Crippen molar-refractivity contribution in [2.45, 2.75) is 34.1 Å². The minimum Gasteiger partial charge on any atom is -0.356 e. The van der Waals surface area contributed by atoms with Crippen molar-refractivity contribution in [1.82, 2.24) is 5.32 Å². The Bertz CT molecular complexity index is 473. The molecule has 4 nitrogen and oxygen atoms in total. The number of sulfone groups is 1. The SMILES string of the molecule is CC(C)=CC1C(C(=O)NCCCS(C)(=O)=O)C1(C)C. The van der Waals surface area contributed by atoms with Crippen LogP contribution in [0.5, 0.6) is 0 Å². The quantitative estimate of drug-likeness (QED) is 0.598. The molecule has 0 bridgehead atoms. The Morgan fingerprint density at radius 3 is 2.37 bits per heavy atom. The Kier molecular flexibility index (Phi) is 4.82. The number of carbonyl (C=O) groups is 1. The van der Waals surface area contributed by atoms with Crippen LogP contribution in [0.4, 0.5) is 0 Å². The van der Waals surface area contributed by atoms with Crippen LogP contribution in [0.3, 0.4) is 0 Å². The van der Waals surface area contributed by atoms with Gasteiger partial charge in [0.15, 0.2) is 0 Å². The molecule has 2 unspecified atom stereocenters. The topological polar surface area (TPSA) is 63.2 Å². The molecule has 19 heavy (non-hydrogen) atoms. The summed E-state index contributed by atoms with van der Waals surface area (Å²) in [5.41, 5.74) is 1.24. The first-order chi connectivity index (χ1) is 8.55. The molecule has 0 aromatic heterocycles. The fourth-order valence-electron chi connectivity index (χ4n) is 2.50. The van der Waals surface area contributed by atoms with Crippen molar-refractivity contribution >= 4 is 15.7 Å². The zero-order chi connectivity index (χ0) is 14.8. The van der Waals surface area contributed by atoms with E-state index in [1.165, 1.54) is 11.8 Å². The van der Waals surface area contributed by atoms with Gasteiger partial charge in [-0.2, -0.15) is 0 Å². The molecule has 1 aliphatic carbocycles. The van der Waals surface area contributed by atoms with Crippen molar-refractivity contribution in [2.75, 3.05) is 18.6 Å². The highest BCUT2D eigenvalue weighted by Crippen LogP contribution is 2.59. The summed E-state index contributed by atoms with van der Waals surface area (Å²) >= 11 is 0. The molecule has 0 heterocycles. The van der Waals surface area contributed by atoms with Crippen molar-refractivity contribution in [1.29, 1.82) is 0 Å². The van der Waals surface area contributed by atoms with E-state index in [9.17, 15) is 13.2 Å². The molecule has 0 spiro atoms. The van der Waals surface area contributed by atoms with E-state index < -0.39 is 9.84 Å². The van der Waals surface area contributed by atoms with E-state index in [-0.39, 0.29) is 23.0 Å². The fourth-order valence-corrected chi connectivity index (χ4v) is 3.17. The van der Waals surface area contributed by atoms with Gasteiger partial charge in [-0.05, 0) is 31.6 Å². The molecule has 5 heteroatoms. The van der Waals surface area contributed by atoms with Gasteiger partial charge in [-0.1, -0.05) is 25.5 Å². The lowest BCUT2D eigenvalue weighted by atomic mass is 10.1. The lowest BCUT2D eigenvalue weighted by Gasteiger charge is -2.05. The number of hydrogen-bond donors (Lipinski definition) is 1. The van der Waals surface area contributed by atoms with Crippen LogP contribution in [0.15, 0.2) is 11.6 Å². The van der Waals surface area contributed by atoms with Crippen molar-refractivity contribution < 1.29 is 13.2 Å². The first-order valence-corrected chi connectivity index (χ1v) is 8.72. The fraction of sp³-hybridized carbons (Fsp3) is 0.786. The molecule has 0 radical (unpaired) electrons. The van der Waals surface area contributed by atoms with Gasteiger partial charge in [0.2, 0.25) is 5.91 Å². The summed E-state index contributed by atoms with van der Waals surface area (Å²) in [4.78, 5) is 12.0. The van der Waals surface area contributed by atoms with Crippen LogP contribution < -0.4 is 5.32 Å². The van der Waals surface area contributed by atoms with Gasteiger partial charge < -0.3 is 5.32 Å². The summed E-state index contributed by atoms with van der Waals surface area (Å²) in [6.45, 7) is 8.70. The highest BCUT2D eigenvalue weighted by Gasteiger charge is 2.60. The molecule has 1 amide bonds. The lowest BCUT2D eigenvalue weighted by molar-refractivity contribution is -0.123. The third-order valence-corrected chi connectivity index (χ3v) is 4.73. The van der Waals surface area contributed by atoms with Crippen LogP contribution in [0.1, 0.15) is 34.1 Å². The van der Waals surface area contributed by atoms with Gasteiger partial charge >= 0.3 is 0 Å². The number of carbonyl (C=O) groups excluding carboxylic acids is 1. The summed E-state index contributed by atoms with van der Waals surface area (Å²) in [6.07, 6.45) is 3.84. The minimum atomic E-state index is -2.94. The highest BCUT2D eigenvalue weighted by atomic mass is 32.2. The smallest absolute Gasteiger partial charge is 0.224 e. The lowest BCUT2D eigenvalue weighted by Crippen LogP contribution is -2.28. The Labute approximate surface area is 116 Å². The predicted octanol–water partition coefficient (Wildman–Crippen LogP) is 1.78. The molecule has 1 N–H and O–H groups in total. The van der Waals surface area contributed by atoms with E-state index in [2.05, 4.69) is 25.2 Å². The zero-order valence-corrected chi connectivity index (χ0v) is 13.3. The van der Waals surface area contributed by atoms with Gasteiger partial charge in [0.05, 0.1) is 11.7 Å². The molecule has 1 saturated carbocycles. The largest absolute Gasteiger partial charge is 0.356 e. The maximum atomic E-state index is 12.0. The van der Waals surface area contributed by atoms with E-state index in [0.29, 0.717) is 18.9 Å². The van der Waals surface area contributed by atoms with Crippen LogP contribution in [0.2, 0.25) is 0 Å². The molecular weight excluding hydrogens is 262 g/mol. The number of amides is 1. The van der Waals surface area contributed by atoms with Crippen LogP contribution in [0.25, 0.3) is 0 Å². The van der Waals surface area contributed by atoms with Crippen LogP contribution in [-0.4, -0.2) is 32.9 Å². The predicted molar refractivity (Wildman–Crippen MR) is 77.5 cm³/mol. The van der Waals surface area contributed by atoms with Crippen LogP contribution in [-0.2, 0) is 14.6 Å². The first kappa shape index (κ1) is 16.2. The van der Waals surface area contributed by atoms with E-state index >= 15 is 0 Å². The first-order valence-electron chi connectivity index (χ1n) is 6.66. The normalized spacial score (nSPS) is 24.7. The number of rotatable bonds is 6. The Morgan fingerprint density at radius 2 is 1.89 bits per heavy atom. The Balaban J connectivity index is 2.42. The second-order valence-corrected chi connectivity index (χ2v) is 8.60. The second kappa shape index (κ2) is 5.65.